The normalized spacial score (nSPS) is 21.3. The maximum atomic E-state index is 10.8. The number of anilines is 1. The first kappa shape index (κ1) is 18.0. The maximum Gasteiger partial charge on any atom is 0.265 e. The summed E-state index contributed by atoms with van der Waals surface area (Å²) < 4.78 is 26.3. The lowest BCUT2D eigenvalue weighted by Gasteiger charge is -2.33. The number of hydrogen-bond acceptors (Lipinski definition) is 6. The highest BCUT2D eigenvalue weighted by Gasteiger charge is 2.24. The van der Waals surface area contributed by atoms with Crippen molar-refractivity contribution in [3.8, 4) is 11.8 Å². The lowest BCUT2D eigenvalue weighted by Crippen LogP contribution is -2.36. The summed E-state index contributed by atoms with van der Waals surface area (Å²) in [5, 5.41) is 0.525. The fourth-order valence-electron chi connectivity index (χ4n) is 2.58. The zero-order chi connectivity index (χ0) is 16.9. The Morgan fingerprint density at radius 3 is 2.48 bits per heavy atom. The van der Waals surface area contributed by atoms with E-state index in [2.05, 4.69) is 30.9 Å². The van der Waals surface area contributed by atoms with Crippen LogP contribution in [0.5, 0.6) is 0 Å². The molecule has 1 fully saturated rings. The molecule has 0 amide bonds. The second-order valence-electron chi connectivity index (χ2n) is 5.61. The standard InChI is InChI=1S/C15H20ClN3O3S/c1-19(15-17-10-13(16)11-18-15)14-7-5-12(6-8-14)4-3-9-22-23(2,20)21/h10-12,14H,5-9H2,1-2H3. The molecule has 126 valence electrons. The van der Waals surface area contributed by atoms with Gasteiger partial charge in [0.05, 0.1) is 23.7 Å². The summed E-state index contributed by atoms with van der Waals surface area (Å²) in [5.41, 5.74) is 0. The molecule has 1 heterocycles. The molecule has 2 rings (SSSR count). The van der Waals surface area contributed by atoms with Gasteiger partial charge < -0.3 is 4.90 Å². The van der Waals surface area contributed by atoms with Crippen molar-refractivity contribution in [3.05, 3.63) is 17.4 Å². The van der Waals surface area contributed by atoms with Crippen LogP contribution in [0, 0.1) is 17.8 Å². The molecule has 0 bridgehead atoms. The van der Waals surface area contributed by atoms with Crippen molar-refractivity contribution in [3.63, 3.8) is 0 Å². The number of nitrogens with zero attached hydrogens (tertiary/aromatic N) is 3. The first-order valence-electron chi connectivity index (χ1n) is 7.38. The molecule has 0 atom stereocenters. The van der Waals surface area contributed by atoms with E-state index in [1.807, 2.05) is 7.05 Å². The molecule has 8 heteroatoms. The smallest absolute Gasteiger partial charge is 0.265 e. The predicted molar refractivity (Wildman–Crippen MR) is 89.8 cm³/mol. The van der Waals surface area contributed by atoms with Gasteiger partial charge in [0, 0.05) is 19.0 Å². The van der Waals surface area contributed by atoms with Crippen molar-refractivity contribution in [1.29, 1.82) is 0 Å². The van der Waals surface area contributed by atoms with Crippen molar-refractivity contribution < 1.29 is 12.6 Å². The van der Waals surface area contributed by atoms with Gasteiger partial charge in [-0.15, -0.1) is 0 Å². The molecule has 0 spiro atoms. The van der Waals surface area contributed by atoms with Gasteiger partial charge in [0.2, 0.25) is 5.95 Å². The molecule has 1 aliphatic carbocycles. The second kappa shape index (κ2) is 7.95. The van der Waals surface area contributed by atoms with E-state index < -0.39 is 10.1 Å². The van der Waals surface area contributed by atoms with Crippen LogP contribution in [0.25, 0.3) is 0 Å². The van der Waals surface area contributed by atoms with E-state index in [9.17, 15) is 8.42 Å². The van der Waals surface area contributed by atoms with Crippen molar-refractivity contribution >= 4 is 27.7 Å². The fourth-order valence-corrected chi connectivity index (χ4v) is 2.95. The highest BCUT2D eigenvalue weighted by atomic mass is 35.5. The van der Waals surface area contributed by atoms with Crippen molar-refractivity contribution in [2.75, 3.05) is 24.8 Å². The molecule has 1 aliphatic rings. The molecule has 1 aromatic heterocycles. The molecule has 1 aromatic rings. The Bertz CT molecular complexity index is 674. The van der Waals surface area contributed by atoms with Gasteiger partial charge >= 0.3 is 0 Å². The number of aromatic nitrogens is 2. The van der Waals surface area contributed by atoms with Crippen molar-refractivity contribution in [2.45, 2.75) is 31.7 Å². The molecule has 23 heavy (non-hydrogen) atoms. The number of rotatable bonds is 4. The summed E-state index contributed by atoms with van der Waals surface area (Å²) in [7, 11) is -1.43. The summed E-state index contributed by atoms with van der Waals surface area (Å²) in [5.74, 6) is 6.84. The first-order chi connectivity index (χ1) is 10.8. The van der Waals surface area contributed by atoms with Crippen LogP contribution < -0.4 is 4.90 Å². The molecular weight excluding hydrogens is 338 g/mol. The Morgan fingerprint density at radius 1 is 1.30 bits per heavy atom. The maximum absolute atomic E-state index is 10.8. The van der Waals surface area contributed by atoms with Gasteiger partial charge in [0.1, 0.15) is 6.61 Å². The third-order valence-electron chi connectivity index (χ3n) is 3.82. The van der Waals surface area contributed by atoms with Gasteiger partial charge in [0.15, 0.2) is 0 Å². The first-order valence-corrected chi connectivity index (χ1v) is 9.58. The van der Waals surface area contributed by atoms with Crippen LogP contribution in [0.4, 0.5) is 5.95 Å². The monoisotopic (exact) mass is 357 g/mol. The van der Waals surface area contributed by atoms with E-state index in [-0.39, 0.29) is 12.5 Å². The van der Waals surface area contributed by atoms with E-state index in [1.54, 1.807) is 12.4 Å². The van der Waals surface area contributed by atoms with Gasteiger partial charge in [0.25, 0.3) is 10.1 Å². The molecule has 0 saturated heterocycles. The third-order valence-corrected chi connectivity index (χ3v) is 4.56. The Morgan fingerprint density at radius 2 is 1.91 bits per heavy atom. The SMILES string of the molecule is CN(c1ncc(Cl)cn1)C1CCC(C#CCOS(C)(=O)=O)CC1. The summed E-state index contributed by atoms with van der Waals surface area (Å²) in [6.07, 6.45) is 8.14. The Balaban J connectivity index is 1.81. The van der Waals surface area contributed by atoms with Crippen LogP contribution >= 0.6 is 11.6 Å². The van der Waals surface area contributed by atoms with Gasteiger partial charge in [-0.2, -0.15) is 8.42 Å². The molecular formula is C15H20ClN3O3S. The minimum Gasteiger partial charge on any atom is -0.341 e. The molecule has 0 unspecified atom stereocenters. The lowest BCUT2D eigenvalue weighted by molar-refractivity contribution is 0.362. The summed E-state index contributed by atoms with van der Waals surface area (Å²) in [6.45, 7) is -0.0721. The number of hydrogen-bond donors (Lipinski definition) is 0. The van der Waals surface area contributed by atoms with E-state index >= 15 is 0 Å². The summed E-state index contributed by atoms with van der Waals surface area (Å²) in [6, 6.07) is 0.376. The quantitative estimate of drug-likeness (QED) is 0.607. The van der Waals surface area contributed by atoms with E-state index in [4.69, 9.17) is 11.6 Å². The predicted octanol–water partition coefficient (Wildman–Crippen LogP) is 2.10. The van der Waals surface area contributed by atoms with Crippen molar-refractivity contribution in [1.82, 2.24) is 9.97 Å². The largest absolute Gasteiger partial charge is 0.341 e. The fraction of sp³-hybridized carbons (Fsp3) is 0.600. The number of halogens is 1. The molecule has 0 aromatic carbocycles. The molecule has 6 nitrogen and oxygen atoms in total. The Kier molecular flexibility index (Phi) is 6.22. The minimum absolute atomic E-state index is 0.0721. The van der Waals surface area contributed by atoms with E-state index in [0.717, 1.165) is 31.9 Å². The average Bonchev–Trinajstić information content (AvgIpc) is 2.51. The van der Waals surface area contributed by atoms with Crippen LogP contribution in [-0.4, -0.2) is 44.3 Å². The molecule has 0 aliphatic heterocycles. The molecule has 1 saturated carbocycles. The van der Waals surface area contributed by atoms with Crippen molar-refractivity contribution in [2.24, 2.45) is 5.92 Å². The Labute approximate surface area is 142 Å². The zero-order valence-electron chi connectivity index (χ0n) is 13.2. The highest BCUT2D eigenvalue weighted by molar-refractivity contribution is 7.86. The van der Waals surface area contributed by atoms with Gasteiger partial charge in [-0.1, -0.05) is 23.4 Å². The highest BCUT2D eigenvalue weighted by Crippen LogP contribution is 2.28. The Hall–Kier alpha value is -1.36. The van der Waals surface area contributed by atoms with Crippen LogP contribution in [0.1, 0.15) is 25.7 Å². The average molecular weight is 358 g/mol. The topological polar surface area (TPSA) is 72.4 Å². The minimum atomic E-state index is -3.41. The summed E-state index contributed by atoms with van der Waals surface area (Å²) >= 11 is 5.80. The van der Waals surface area contributed by atoms with Crippen LogP contribution in [0.3, 0.4) is 0 Å². The summed E-state index contributed by atoms with van der Waals surface area (Å²) in [4.78, 5) is 10.6. The van der Waals surface area contributed by atoms with Crippen LogP contribution in [0.2, 0.25) is 5.02 Å². The van der Waals surface area contributed by atoms with Gasteiger partial charge in [-0.25, -0.2) is 9.97 Å². The van der Waals surface area contributed by atoms with Gasteiger partial charge in [-0.3, -0.25) is 4.18 Å². The molecule has 0 radical (unpaired) electrons. The van der Waals surface area contributed by atoms with Crippen LogP contribution in [-0.2, 0) is 14.3 Å². The van der Waals surface area contributed by atoms with E-state index in [0.29, 0.717) is 17.0 Å². The lowest BCUT2D eigenvalue weighted by atomic mass is 9.86. The van der Waals surface area contributed by atoms with Gasteiger partial charge in [-0.05, 0) is 25.7 Å². The van der Waals surface area contributed by atoms with E-state index in [1.165, 1.54) is 0 Å². The molecule has 0 N–H and O–H groups in total. The van der Waals surface area contributed by atoms with Crippen LogP contribution in [0.15, 0.2) is 12.4 Å². The third kappa shape index (κ3) is 5.98. The zero-order valence-corrected chi connectivity index (χ0v) is 14.8. The second-order valence-corrected chi connectivity index (χ2v) is 7.69.